The molecule has 18 heavy (non-hydrogen) atoms. The van der Waals surface area contributed by atoms with Crippen molar-refractivity contribution in [1.29, 1.82) is 0 Å². The van der Waals surface area contributed by atoms with E-state index in [1.807, 2.05) is 4.90 Å². The zero-order valence-electron chi connectivity index (χ0n) is 10.0. The summed E-state index contributed by atoms with van der Waals surface area (Å²) in [4.78, 5) is 12.7. The van der Waals surface area contributed by atoms with Gasteiger partial charge in [-0.05, 0) is 27.1 Å². The lowest BCUT2D eigenvalue weighted by Gasteiger charge is -2.12. The number of primary amides is 1. The summed E-state index contributed by atoms with van der Waals surface area (Å²) >= 11 is 0. The minimum absolute atomic E-state index is 0.0211. The van der Waals surface area contributed by atoms with E-state index in [1.165, 1.54) is 0 Å². The molecule has 102 valence electrons. The van der Waals surface area contributed by atoms with Crippen LogP contribution in [0, 0.1) is 0 Å². The maximum atomic E-state index is 12.8. The fraction of sp³-hybridized carbons (Fsp3) is 0.667. The van der Waals surface area contributed by atoms with Gasteiger partial charge < -0.3 is 10.6 Å². The lowest BCUT2D eigenvalue weighted by molar-refractivity contribution is -0.144. The number of aryl methyl sites for hydroxylation is 1. The SMILES string of the molecule is CN(C)CCCn1nnc(C(N)=O)c1C(F)(F)F. The highest BCUT2D eigenvalue weighted by Gasteiger charge is 2.40. The third-order valence-electron chi connectivity index (χ3n) is 2.21. The number of halogens is 3. The molecule has 0 saturated heterocycles. The summed E-state index contributed by atoms with van der Waals surface area (Å²) in [5, 5.41) is 6.51. The minimum atomic E-state index is -4.70. The smallest absolute Gasteiger partial charge is 0.364 e. The van der Waals surface area contributed by atoms with Crippen LogP contribution >= 0.6 is 0 Å². The van der Waals surface area contributed by atoms with Crippen LogP contribution in [0.1, 0.15) is 22.6 Å². The predicted molar refractivity (Wildman–Crippen MR) is 56.7 cm³/mol. The Bertz CT molecular complexity index is 426. The van der Waals surface area contributed by atoms with E-state index >= 15 is 0 Å². The maximum absolute atomic E-state index is 12.8. The van der Waals surface area contributed by atoms with E-state index in [0.717, 1.165) is 0 Å². The van der Waals surface area contributed by atoms with E-state index in [9.17, 15) is 18.0 Å². The third-order valence-corrected chi connectivity index (χ3v) is 2.21. The number of carbonyl (C=O) groups is 1. The summed E-state index contributed by atoms with van der Waals surface area (Å²) < 4.78 is 39.0. The molecule has 2 N–H and O–H groups in total. The molecule has 1 heterocycles. The third kappa shape index (κ3) is 3.42. The normalized spacial score (nSPS) is 12.1. The molecule has 1 aromatic rings. The number of alkyl halides is 3. The summed E-state index contributed by atoms with van der Waals surface area (Å²) in [6.45, 7) is 0.621. The fourth-order valence-corrected chi connectivity index (χ4v) is 1.45. The van der Waals surface area contributed by atoms with E-state index < -0.39 is 23.5 Å². The van der Waals surface area contributed by atoms with Gasteiger partial charge in [0, 0.05) is 6.54 Å². The molecule has 0 fully saturated rings. The molecule has 1 amide bonds. The quantitative estimate of drug-likeness (QED) is 0.833. The molecule has 0 spiro atoms. The first-order valence-electron chi connectivity index (χ1n) is 5.18. The Hall–Kier alpha value is -1.64. The van der Waals surface area contributed by atoms with Crippen LogP contribution < -0.4 is 5.73 Å². The number of nitrogens with two attached hydrogens (primary N) is 1. The van der Waals surface area contributed by atoms with Gasteiger partial charge in [-0.2, -0.15) is 13.2 Å². The second kappa shape index (κ2) is 5.34. The van der Waals surface area contributed by atoms with E-state index in [4.69, 9.17) is 5.73 Å². The van der Waals surface area contributed by atoms with Crippen molar-refractivity contribution in [3.05, 3.63) is 11.4 Å². The lowest BCUT2D eigenvalue weighted by Crippen LogP contribution is -2.23. The van der Waals surface area contributed by atoms with Crippen molar-refractivity contribution in [3.63, 3.8) is 0 Å². The first kappa shape index (κ1) is 14.4. The molecule has 9 heteroatoms. The van der Waals surface area contributed by atoms with Gasteiger partial charge in [-0.25, -0.2) is 4.68 Å². The second-order valence-corrected chi connectivity index (χ2v) is 4.03. The first-order chi connectivity index (χ1) is 8.23. The summed E-state index contributed by atoms with van der Waals surface area (Å²) in [7, 11) is 3.61. The Morgan fingerprint density at radius 1 is 1.44 bits per heavy atom. The summed E-state index contributed by atoms with van der Waals surface area (Å²) in [6.07, 6.45) is -4.25. The molecule has 0 aliphatic carbocycles. The van der Waals surface area contributed by atoms with Crippen molar-refractivity contribution in [2.45, 2.75) is 19.1 Å². The number of amides is 1. The zero-order valence-corrected chi connectivity index (χ0v) is 10.0. The highest BCUT2D eigenvalue weighted by molar-refractivity contribution is 5.91. The van der Waals surface area contributed by atoms with Crippen molar-refractivity contribution in [3.8, 4) is 0 Å². The van der Waals surface area contributed by atoms with E-state index in [2.05, 4.69) is 10.3 Å². The molecule has 0 saturated carbocycles. The van der Waals surface area contributed by atoms with Crippen molar-refractivity contribution in [2.75, 3.05) is 20.6 Å². The Balaban J connectivity index is 2.95. The van der Waals surface area contributed by atoms with Crippen LogP contribution in [0.2, 0.25) is 0 Å². The van der Waals surface area contributed by atoms with Crippen LogP contribution in [-0.2, 0) is 12.7 Å². The second-order valence-electron chi connectivity index (χ2n) is 4.03. The summed E-state index contributed by atoms with van der Waals surface area (Å²) in [5.41, 5.74) is 2.81. The molecule has 0 aliphatic rings. The Morgan fingerprint density at radius 3 is 2.50 bits per heavy atom. The molecular formula is C9H14F3N5O. The molecule has 0 bridgehead atoms. The maximum Gasteiger partial charge on any atom is 0.435 e. The van der Waals surface area contributed by atoms with Gasteiger partial charge in [-0.15, -0.1) is 5.10 Å². The fourth-order valence-electron chi connectivity index (χ4n) is 1.45. The predicted octanol–water partition coefficient (Wildman–Crippen LogP) is 0.348. The molecule has 1 rings (SSSR count). The highest BCUT2D eigenvalue weighted by atomic mass is 19.4. The zero-order chi connectivity index (χ0) is 13.9. The number of nitrogens with zero attached hydrogens (tertiary/aromatic N) is 4. The highest BCUT2D eigenvalue weighted by Crippen LogP contribution is 2.30. The Kier molecular flexibility index (Phi) is 4.28. The molecular weight excluding hydrogens is 251 g/mol. The molecule has 0 unspecified atom stereocenters. The van der Waals surface area contributed by atoms with E-state index in [1.54, 1.807) is 14.1 Å². The van der Waals surface area contributed by atoms with Gasteiger partial charge in [0.25, 0.3) is 5.91 Å². The van der Waals surface area contributed by atoms with E-state index in [0.29, 0.717) is 17.6 Å². The van der Waals surface area contributed by atoms with Gasteiger partial charge in [-0.3, -0.25) is 4.79 Å². The topological polar surface area (TPSA) is 77.0 Å². The minimum Gasteiger partial charge on any atom is -0.364 e. The molecule has 0 atom stereocenters. The Morgan fingerprint density at radius 2 is 2.06 bits per heavy atom. The van der Waals surface area contributed by atoms with Gasteiger partial charge in [0.1, 0.15) is 0 Å². The largest absolute Gasteiger partial charge is 0.435 e. The molecule has 0 aliphatic heterocycles. The lowest BCUT2D eigenvalue weighted by atomic mass is 10.3. The van der Waals surface area contributed by atoms with Gasteiger partial charge >= 0.3 is 6.18 Å². The van der Waals surface area contributed by atoms with Crippen molar-refractivity contribution < 1.29 is 18.0 Å². The average molecular weight is 265 g/mol. The molecule has 1 aromatic heterocycles. The number of hydrogen-bond acceptors (Lipinski definition) is 4. The standard InChI is InChI=1S/C9H14F3N5O/c1-16(2)4-3-5-17-7(9(10,11)12)6(8(13)18)14-15-17/h3-5H2,1-2H3,(H2,13,18). The summed E-state index contributed by atoms with van der Waals surface area (Å²) in [6, 6.07) is 0. The first-order valence-corrected chi connectivity index (χ1v) is 5.18. The van der Waals surface area contributed by atoms with Gasteiger partial charge in [-0.1, -0.05) is 5.21 Å². The summed E-state index contributed by atoms with van der Waals surface area (Å²) in [5.74, 6) is -1.24. The molecule has 0 radical (unpaired) electrons. The molecule has 0 aromatic carbocycles. The van der Waals surface area contributed by atoms with Crippen molar-refractivity contribution >= 4 is 5.91 Å². The average Bonchev–Trinajstić information content (AvgIpc) is 2.60. The van der Waals surface area contributed by atoms with Gasteiger partial charge in [0.15, 0.2) is 11.4 Å². The number of aromatic nitrogens is 3. The van der Waals surface area contributed by atoms with Gasteiger partial charge in [0.05, 0.1) is 0 Å². The van der Waals surface area contributed by atoms with Crippen LogP contribution in [0.5, 0.6) is 0 Å². The number of hydrogen-bond donors (Lipinski definition) is 1. The number of rotatable bonds is 5. The Labute approximate surface area is 102 Å². The molecule has 6 nitrogen and oxygen atoms in total. The van der Waals surface area contributed by atoms with Crippen molar-refractivity contribution in [1.82, 2.24) is 19.9 Å². The van der Waals surface area contributed by atoms with Crippen molar-refractivity contribution in [2.24, 2.45) is 5.73 Å². The van der Waals surface area contributed by atoms with Crippen LogP contribution in [0.15, 0.2) is 0 Å². The van der Waals surface area contributed by atoms with Gasteiger partial charge in [0.2, 0.25) is 0 Å². The van der Waals surface area contributed by atoms with Crippen LogP contribution in [0.3, 0.4) is 0 Å². The van der Waals surface area contributed by atoms with Crippen LogP contribution in [0.25, 0.3) is 0 Å². The van der Waals surface area contributed by atoms with Crippen LogP contribution in [0.4, 0.5) is 13.2 Å². The number of carbonyl (C=O) groups excluding carboxylic acids is 1. The van der Waals surface area contributed by atoms with E-state index in [-0.39, 0.29) is 6.54 Å². The monoisotopic (exact) mass is 265 g/mol. The van der Waals surface area contributed by atoms with Crippen LogP contribution in [-0.4, -0.2) is 46.4 Å².